The standard InChI is InChI=1S/C23H42N6O2/c1-17(2)28(6)14-8-12-24-22(30)26-20-11-10-19(5)21(16-20)27-23(31)25-13-9-15-29(7)18(3)4/h10-11,16-18H,8-9,12-15H2,1-7H3,(H2,24,26,30)(H2,25,27,31). The Balaban J connectivity index is 2.43. The molecule has 0 aliphatic rings. The second-order valence-electron chi connectivity index (χ2n) is 8.65. The van der Waals surface area contributed by atoms with Crippen LogP contribution in [0, 0.1) is 6.92 Å². The van der Waals surface area contributed by atoms with Crippen LogP contribution in [0.3, 0.4) is 0 Å². The summed E-state index contributed by atoms with van der Waals surface area (Å²) in [5.41, 5.74) is 2.24. The van der Waals surface area contributed by atoms with Crippen molar-refractivity contribution in [2.24, 2.45) is 0 Å². The average Bonchev–Trinajstić information content (AvgIpc) is 2.70. The van der Waals surface area contributed by atoms with Crippen molar-refractivity contribution < 1.29 is 9.59 Å². The van der Waals surface area contributed by atoms with Gasteiger partial charge in [0.1, 0.15) is 0 Å². The van der Waals surface area contributed by atoms with Crippen LogP contribution in [0.1, 0.15) is 46.1 Å². The van der Waals surface area contributed by atoms with E-state index in [-0.39, 0.29) is 12.1 Å². The Bertz CT molecular complexity index is 693. The molecule has 0 bridgehead atoms. The fourth-order valence-electron chi connectivity index (χ4n) is 2.75. The number of nitrogens with zero attached hydrogens (tertiary/aromatic N) is 2. The molecule has 8 nitrogen and oxygen atoms in total. The first-order valence-electron chi connectivity index (χ1n) is 11.2. The third-order valence-electron chi connectivity index (χ3n) is 5.45. The molecule has 0 heterocycles. The maximum atomic E-state index is 12.2. The van der Waals surface area contributed by atoms with Gasteiger partial charge in [0.05, 0.1) is 0 Å². The van der Waals surface area contributed by atoms with E-state index < -0.39 is 0 Å². The quantitative estimate of drug-likeness (QED) is 0.378. The number of anilines is 2. The van der Waals surface area contributed by atoms with Crippen molar-refractivity contribution in [1.29, 1.82) is 0 Å². The van der Waals surface area contributed by atoms with Crippen molar-refractivity contribution in [2.75, 3.05) is 50.9 Å². The summed E-state index contributed by atoms with van der Waals surface area (Å²) in [5.74, 6) is 0. The summed E-state index contributed by atoms with van der Waals surface area (Å²) in [6.45, 7) is 13.6. The summed E-state index contributed by atoms with van der Waals surface area (Å²) >= 11 is 0. The highest BCUT2D eigenvalue weighted by atomic mass is 16.2. The molecule has 0 fully saturated rings. The Morgan fingerprint density at radius 3 is 1.81 bits per heavy atom. The smallest absolute Gasteiger partial charge is 0.319 e. The first-order chi connectivity index (χ1) is 14.6. The predicted molar refractivity (Wildman–Crippen MR) is 130 cm³/mol. The van der Waals surface area contributed by atoms with Gasteiger partial charge in [-0.2, -0.15) is 0 Å². The van der Waals surface area contributed by atoms with Crippen molar-refractivity contribution >= 4 is 23.4 Å². The molecule has 0 saturated heterocycles. The van der Waals surface area contributed by atoms with Gasteiger partial charge in [0.15, 0.2) is 0 Å². The van der Waals surface area contributed by atoms with Crippen LogP contribution in [0.5, 0.6) is 0 Å². The van der Waals surface area contributed by atoms with Gasteiger partial charge in [0, 0.05) is 36.5 Å². The molecule has 0 aliphatic carbocycles. The zero-order chi connectivity index (χ0) is 23.4. The second kappa shape index (κ2) is 13.9. The third-order valence-corrected chi connectivity index (χ3v) is 5.45. The normalized spacial score (nSPS) is 11.3. The first kappa shape index (κ1) is 26.7. The van der Waals surface area contributed by atoms with Crippen molar-refractivity contribution in [3.63, 3.8) is 0 Å². The molecule has 0 aromatic heterocycles. The van der Waals surface area contributed by atoms with Gasteiger partial charge in [-0.1, -0.05) is 6.07 Å². The van der Waals surface area contributed by atoms with Crippen molar-refractivity contribution in [3.05, 3.63) is 23.8 Å². The summed E-state index contributed by atoms with van der Waals surface area (Å²) < 4.78 is 0. The molecule has 8 heteroatoms. The van der Waals surface area contributed by atoms with Gasteiger partial charge in [-0.05, 0) is 92.3 Å². The van der Waals surface area contributed by atoms with Crippen molar-refractivity contribution in [3.8, 4) is 0 Å². The van der Waals surface area contributed by atoms with Crippen LogP contribution in [0.15, 0.2) is 18.2 Å². The number of hydrogen-bond acceptors (Lipinski definition) is 4. The zero-order valence-electron chi connectivity index (χ0n) is 20.3. The van der Waals surface area contributed by atoms with Gasteiger partial charge in [0.25, 0.3) is 0 Å². The highest BCUT2D eigenvalue weighted by Gasteiger charge is 2.09. The van der Waals surface area contributed by atoms with E-state index in [0.29, 0.717) is 36.5 Å². The Morgan fingerprint density at radius 1 is 0.839 bits per heavy atom. The Labute approximate surface area is 188 Å². The molecule has 0 radical (unpaired) electrons. The molecule has 31 heavy (non-hydrogen) atoms. The van der Waals surface area contributed by atoms with Gasteiger partial charge in [0.2, 0.25) is 0 Å². The third kappa shape index (κ3) is 11.0. The molecule has 0 saturated carbocycles. The summed E-state index contributed by atoms with van der Waals surface area (Å²) in [7, 11) is 4.15. The molecule has 4 N–H and O–H groups in total. The summed E-state index contributed by atoms with van der Waals surface area (Å²) in [6, 6.07) is 5.96. The largest absolute Gasteiger partial charge is 0.338 e. The van der Waals surface area contributed by atoms with E-state index in [4.69, 9.17) is 0 Å². The van der Waals surface area contributed by atoms with E-state index in [0.717, 1.165) is 31.5 Å². The summed E-state index contributed by atoms with van der Waals surface area (Å²) in [5, 5.41) is 11.5. The minimum Gasteiger partial charge on any atom is -0.338 e. The van der Waals surface area contributed by atoms with Gasteiger partial charge in [-0.25, -0.2) is 9.59 Å². The van der Waals surface area contributed by atoms with Crippen molar-refractivity contribution in [1.82, 2.24) is 20.4 Å². The monoisotopic (exact) mass is 434 g/mol. The van der Waals surface area contributed by atoms with Crippen molar-refractivity contribution in [2.45, 2.75) is 59.5 Å². The van der Waals surface area contributed by atoms with E-state index >= 15 is 0 Å². The van der Waals surface area contributed by atoms with E-state index in [2.05, 4.69) is 72.9 Å². The Hall–Kier alpha value is -2.32. The average molecular weight is 435 g/mol. The number of rotatable bonds is 12. The molecule has 1 aromatic carbocycles. The topological polar surface area (TPSA) is 88.7 Å². The minimum absolute atomic E-state index is 0.244. The van der Waals surface area contributed by atoms with Crippen LogP contribution in [-0.2, 0) is 0 Å². The molecular weight excluding hydrogens is 392 g/mol. The number of benzene rings is 1. The number of carbonyl (C=O) groups excluding carboxylic acids is 2. The SMILES string of the molecule is Cc1ccc(NC(=O)NCCCN(C)C(C)C)cc1NC(=O)NCCCN(C)C(C)C. The van der Waals surface area contributed by atoms with Gasteiger partial charge in [-0.15, -0.1) is 0 Å². The number of aryl methyl sites for hydroxylation is 1. The van der Waals surface area contributed by atoms with Crippen LogP contribution in [-0.4, -0.2) is 74.2 Å². The fraction of sp³-hybridized carbons (Fsp3) is 0.652. The number of amides is 4. The van der Waals surface area contributed by atoms with E-state index in [1.54, 1.807) is 6.07 Å². The lowest BCUT2D eigenvalue weighted by molar-refractivity contribution is 0.247. The van der Waals surface area contributed by atoms with E-state index in [1.165, 1.54) is 0 Å². The highest BCUT2D eigenvalue weighted by Crippen LogP contribution is 2.20. The van der Waals surface area contributed by atoms with Crippen LogP contribution >= 0.6 is 0 Å². The maximum Gasteiger partial charge on any atom is 0.319 e. The lowest BCUT2D eigenvalue weighted by Gasteiger charge is -2.21. The maximum absolute atomic E-state index is 12.2. The molecule has 4 amide bonds. The summed E-state index contributed by atoms with van der Waals surface area (Å²) in [4.78, 5) is 28.8. The lowest BCUT2D eigenvalue weighted by Crippen LogP contribution is -2.34. The van der Waals surface area contributed by atoms with Gasteiger partial charge in [-0.3, -0.25) is 0 Å². The molecule has 0 atom stereocenters. The zero-order valence-corrected chi connectivity index (χ0v) is 20.3. The molecular formula is C23H42N6O2. The number of carbonyl (C=O) groups is 2. The highest BCUT2D eigenvalue weighted by molar-refractivity contribution is 5.93. The number of nitrogens with one attached hydrogen (secondary N) is 4. The van der Waals surface area contributed by atoms with E-state index in [9.17, 15) is 9.59 Å². The molecule has 0 unspecified atom stereocenters. The first-order valence-corrected chi connectivity index (χ1v) is 11.2. The lowest BCUT2D eigenvalue weighted by atomic mass is 10.2. The van der Waals surface area contributed by atoms with E-state index in [1.807, 2.05) is 19.1 Å². The Kier molecular flexibility index (Phi) is 12.0. The molecule has 0 spiro atoms. The second-order valence-corrected chi connectivity index (χ2v) is 8.65. The van der Waals surface area contributed by atoms with Crippen LogP contribution < -0.4 is 21.3 Å². The number of hydrogen-bond donors (Lipinski definition) is 4. The summed E-state index contributed by atoms with van der Waals surface area (Å²) in [6.07, 6.45) is 1.77. The minimum atomic E-state index is -0.249. The van der Waals surface area contributed by atoms with Crippen LogP contribution in [0.2, 0.25) is 0 Å². The van der Waals surface area contributed by atoms with Crippen LogP contribution in [0.25, 0.3) is 0 Å². The number of urea groups is 2. The molecule has 1 rings (SSSR count). The Morgan fingerprint density at radius 2 is 1.32 bits per heavy atom. The molecule has 176 valence electrons. The molecule has 1 aromatic rings. The molecule has 0 aliphatic heterocycles. The fourth-order valence-corrected chi connectivity index (χ4v) is 2.75. The van der Waals surface area contributed by atoms with Gasteiger partial charge < -0.3 is 31.1 Å². The van der Waals surface area contributed by atoms with Crippen LogP contribution in [0.4, 0.5) is 21.0 Å². The van der Waals surface area contributed by atoms with Gasteiger partial charge >= 0.3 is 12.1 Å². The predicted octanol–water partition coefficient (Wildman–Crippen LogP) is 3.70.